The van der Waals surface area contributed by atoms with Crippen molar-refractivity contribution in [2.24, 2.45) is 0 Å². The monoisotopic (exact) mass is 476 g/mol. The smallest absolute Gasteiger partial charge is 0.255 e. The largest absolute Gasteiger partial charge is 0.380 e. The quantitative estimate of drug-likeness (QED) is 0.378. The lowest BCUT2D eigenvalue weighted by Gasteiger charge is -2.22. The molecule has 0 unspecified atom stereocenters. The van der Waals surface area contributed by atoms with Crippen LogP contribution in [-0.4, -0.2) is 48.9 Å². The molecule has 34 heavy (non-hydrogen) atoms. The molecule has 3 heterocycles. The van der Waals surface area contributed by atoms with Crippen molar-refractivity contribution in [1.29, 1.82) is 0 Å². The maximum Gasteiger partial charge on any atom is 0.255 e. The highest BCUT2D eigenvalue weighted by atomic mass is 32.1. The highest BCUT2D eigenvalue weighted by molar-refractivity contribution is 7.11. The minimum Gasteiger partial charge on any atom is -0.380 e. The number of carbonyl (C=O) groups excluding carboxylic acids is 2. The van der Waals surface area contributed by atoms with Crippen LogP contribution in [0.3, 0.4) is 0 Å². The lowest BCUT2D eigenvalue weighted by atomic mass is 10.1. The predicted octanol–water partition coefficient (Wildman–Crippen LogP) is 2.03. The molecule has 4 aromatic rings. The third-order valence-corrected chi connectivity index (χ3v) is 7.05. The fourth-order valence-electron chi connectivity index (χ4n) is 4.14. The second-order valence-electron chi connectivity index (χ2n) is 8.30. The van der Waals surface area contributed by atoms with E-state index >= 15 is 0 Å². The van der Waals surface area contributed by atoms with Crippen molar-refractivity contribution in [2.75, 3.05) is 0 Å². The molecule has 174 valence electrons. The Bertz CT molecular complexity index is 1320. The third kappa shape index (κ3) is 4.45. The van der Waals surface area contributed by atoms with Gasteiger partial charge in [-0.2, -0.15) is 5.10 Å². The highest BCUT2D eigenvalue weighted by Crippen LogP contribution is 2.23. The van der Waals surface area contributed by atoms with E-state index in [1.807, 2.05) is 71.5 Å². The summed E-state index contributed by atoms with van der Waals surface area (Å²) in [6.07, 6.45) is -1.83. The molecule has 3 N–H and O–H groups in total. The van der Waals surface area contributed by atoms with Crippen molar-refractivity contribution >= 4 is 34.1 Å². The Labute approximate surface area is 200 Å². The Morgan fingerprint density at radius 2 is 1.62 bits per heavy atom. The van der Waals surface area contributed by atoms with E-state index in [1.165, 1.54) is 16.2 Å². The van der Waals surface area contributed by atoms with Gasteiger partial charge in [-0.05, 0) is 29.3 Å². The van der Waals surface area contributed by atoms with Crippen LogP contribution in [0.1, 0.15) is 20.9 Å². The van der Waals surface area contributed by atoms with E-state index in [4.69, 9.17) is 0 Å². The molecular weight excluding hydrogens is 452 g/mol. The number of aliphatic hydroxyl groups excluding tert-OH is 2. The summed E-state index contributed by atoms with van der Waals surface area (Å²) < 4.78 is 1.92. The topological polar surface area (TPSA) is 108 Å². The number of benzene rings is 2. The van der Waals surface area contributed by atoms with E-state index in [1.54, 1.807) is 0 Å². The van der Waals surface area contributed by atoms with Crippen LogP contribution < -0.4 is 5.32 Å². The number of thiophene rings is 1. The molecule has 2 aromatic heterocycles. The average molecular weight is 477 g/mol. The lowest BCUT2D eigenvalue weighted by Crippen LogP contribution is -2.49. The van der Waals surface area contributed by atoms with Crippen molar-refractivity contribution in [3.63, 3.8) is 0 Å². The van der Waals surface area contributed by atoms with Gasteiger partial charge in [0.15, 0.2) is 12.2 Å². The summed E-state index contributed by atoms with van der Waals surface area (Å²) in [5, 5.41) is 28.7. The van der Waals surface area contributed by atoms with Gasteiger partial charge in [-0.15, -0.1) is 11.3 Å². The van der Waals surface area contributed by atoms with Gasteiger partial charge in [-0.3, -0.25) is 14.3 Å². The molecule has 0 aliphatic carbocycles. The van der Waals surface area contributed by atoms with Crippen molar-refractivity contribution in [2.45, 2.75) is 38.4 Å². The van der Waals surface area contributed by atoms with Crippen LogP contribution in [-0.2, 0) is 35.8 Å². The first kappa shape index (κ1) is 22.3. The maximum atomic E-state index is 12.6. The molecule has 2 atom stereocenters. The summed E-state index contributed by atoms with van der Waals surface area (Å²) in [5.41, 5.74) is 3.05. The maximum absolute atomic E-state index is 12.6. The minimum atomic E-state index is -1.84. The van der Waals surface area contributed by atoms with Crippen molar-refractivity contribution in [3.05, 3.63) is 87.7 Å². The van der Waals surface area contributed by atoms with Gasteiger partial charge in [0.05, 0.1) is 24.8 Å². The average Bonchev–Trinajstić information content (AvgIpc) is 3.60. The van der Waals surface area contributed by atoms with E-state index in [2.05, 4.69) is 10.4 Å². The third-order valence-electron chi connectivity index (χ3n) is 5.98. The van der Waals surface area contributed by atoms with Crippen LogP contribution in [0.15, 0.2) is 66.9 Å². The zero-order chi connectivity index (χ0) is 23.7. The number of fused-ring (bicyclic) bond motifs is 2. The molecule has 0 saturated heterocycles. The number of hydrogen-bond donors (Lipinski definition) is 3. The SMILES string of the molecule is O=C(NCc1ccc(Cn2ncc3ccccc32)s1)[C@H](O)[C@@H](O)C(=O)N1Cc2ccccc2C1. The molecule has 1 aliphatic heterocycles. The van der Waals surface area contributed by atoms with Gasteiger partial charge >= 0.3 is 0 Å². The van der Waals surface area contributed by atoms with Gasteiger partial charge in [0.2, 0.25) is 0 Å². The van der Waals surface area contributed by atoms with Crippen molar-refractivity contribution in [3.8, 4) is 0 Å². The second-order valence-corrected chi connectivity index (χ2v) is 9.55. The van der Waals surface area contributed by atoms with Crippen LogP contribution in [0.2, 0.25) is 0 Å². The van der Waals surface area contributed by atoms with Crippen molar-refractivity contribution < 1.29 is 19.8 Å². The fraction of sp³-hybridized carbons (Fsp3) is 0.240. The van der Waals surface area contributed by atoms with Crippen LogP contribution in [0.4, 0.5) is 0 Å². The van der Waals surface area contributed by atoms with E-state index in [0.717, 1.165) is 31.8 Å². The summed E-state index contributed by atoms with van der Waals surface area (Å²) in [5.74, 6) is -1.45. The van der Waals surface area contributed by atoms with Crippen LogP contribution in [0.5, 0.6) is 0 Å². The van der Waals surface area contributed by atoms with Crippen LogP contribution in [0.25, 0.3) is 10.9 Å². The molecule has 2 amide bonds. The zero-order valence-corrected chi connectivity index (χ0v) is 19.1. The summed E-state index contributed by atoms with van der Waals surface area (Å²) in [4.78, 5) is 28.4. The molecule has 5 rings (SSSR count). The van der Waals surface area contributed by atoms with Crippen LogP contribution >= 0.6 is 11.3 Å². The first-order valence-corrected chi connectivity index (χ1v) is 11.8. The van der Waals surface area contributed by atoms with Gasteiger partial charge < -0.3 is 20.4 Å². The molecule has 0 bridgehead atoms. The molecule has 0 fully saturated rings. The predicted molar refractivity (Wildman–Crippen MR) is 128 cm³/mol. The fourth-order valence-corrected chi connectivity index (χ4v) is 5.08. The highest BCUT2D eigenvalue weighted by Gasteiger charge is 2.35. The summed E-state index contributed by atoms with van der Waals surface area (Å²) in [6.45, 7) is 1.50. The molecule has 0 radical (unpaired) electrons. The summed E-state index contributed by atoms with van der Waals surface area (Å²) in [7, 11) is 0. The number of aliphatic hydroxyl groups is 2. The summed E-state index contributed by atoms with van der Waals surface area (Å²) in [6, 6.07) is 19.5. The van der Waals surface area contributed by atoms with Crippen LogP contribution in [0, 0.1) is 0 Å². The van der Waals surface area contributed by atoms with E-state index in [0.29, 0.717) is 19.6 Å². The molecule has 2 aromatic carbocycles. The molecule has 9 heteroatoms. The van der Waals surface area contributed by atoms with Gasteiger partial charge in [-0.1, -0.05) is 42.5 Å². The second kappa shape index (κ2) is 9.38. The number of nitrogens with one attached hydrogen (secondary N) is 1. The standard InChI is InChI=1S/C25H24N4O4S/c30-22(23(31)25(33)28-13-17-6-1-2-7-18(17)14-28)24(32)26-12-19-9-10-20(34-19)15-29-21-8-4-3-5-16(21)11-27-29/h1-11,22-23,30-31H,12-15H2,(H,26,32)/t22-,23-/m1/s1. The number of hydrogen-bond acceptors (Lipinski definition) is 6. The number of rotatable bonds is 7. The Morgan fingerprint density at radius 1 is 0.941 bits per heavy atom. The van der Waals surface area contributed by atoms with Gasteiger partial charge in [0.1, 0.15) is 0 Å². The zero-order valence-electron chi connectivity index (χ0n) is 18.3. The molecule has 0 spiro atoms. The molecule has 8 nitrogen and oxygen atoms in total. The first-order chi connectivity index (χ1) is 16.5. The minimum absolute atomic E-state index is 0.191. The van der Waals surface area contributed by atoms with Gasteiger partial charge in [0.25, 0.3) is 11.8 Å². The number of amides is 2. The molecule has 0 saturated carbocycles. The molecule has 1 aliphatic rings. The normalized spacial score (nSPS) is 14.7. The van der Waals surface area contributed by atoms with E-state index in [9.17, 15) is 19.8 Å². The Hall–Kier alpha value is -3.53. The number of aromatic nitrogens is 2. The first-order valence-electron chi connectivity index (χ1n) is 11.0. The van der Waals surface area contributed by atoms with E-state index < -0.39 is 24.0 Å². The van der Waals surface area contributed by atoms with Crippen molar-refractivity contribution in [1.82, 2.24) is 20.0 Å². The number of carbonyl (C=O) groups is 2. The summed E-state index contributed by atoms with van der Waals surface area (Å²) >= 11 is 1.53. The number of para-hydroxylation sites is 1. The molecular formula is C25H24N4O4S. The van der Waals surface area contributed by atoms with Gasteiger partial charge in [0, 0.05) is 28.2 Å². The Morgan fingerprint density at radius 3 is 2.38 bits per heavy atom. The van der Waals surface area contributed by atoms with Gasteiger partial charge in [-0.25, -0.2) is 0 Å². The Balaban J connectivity index is 1.14. The van der Waals surface area contributed by atoms with E-state index in [-0.39, 0.29) is 6.54 Å². The Kier molecular flexibility index (Phi) is 6.14. The number of nitrogens with zero attached hydrogens (tertiary/aromatic N) is 3. The lowest BCUT2D eigenvalue weighted by molar-refractivity contribution is -0.153.